The van der Waals surface area contributed by atoms with Crippen LogP contribution in [0.5, 0.6) is 0 Å². The van der Waals surface area contributed by atoms with Gasteiger partial charge in [0.15, 0.2) is 0 Å². The smallest absolute Gasteiger partial charge is 0.0641 e. The number of aromatic nitrogens is 2. The lowest BCUT2D eigenvalue weighted by Crippen LogP contribution is -2.14. The minimum Gasteiger partial charge on any atom is -0.309 e. The molecule has 0 N–H and O–H groups in total. The number of benzene rings is 15. The molecule has 4 aromatic heterocycles. The summed E-state index contributed by atoms with van der Waals surface area (Å²) >= 11 is 0. The molecule has 0 spiro atoms. The van der Waals surface area contributed by atoms with Crippen LogP contribution in [0, 0.1) is 0 Å². The lowest BCUT2D eigenvalue weighted by Gasteiger charge is -2.32. The van der Waals surface area contributed by atoms with Crippen molar-refractivity contribution in [1.29, 1.82) is 0 Å². The Morgan fingerprint density at radius 1 is 0.245 bits per heavy atom. The van der Waals surface area contributed by atoms with Crippen LogP contribution < -0.4 is 9.80 Å². The summed E-state index contributed by atoms with van der Waals surface area (Å²) in [6.07, 6.45) is 0. The Morgan fingerprint density at radius 3 is 0.915 bits per heavy atom. The average molecular weight is 1200 g/mol. The number of hydrogen-bond acceptors (Lipinski definition) is 2. The van der Waals surface area contributed by atoms with Crippen LogP contribution in [0.4, 0.5) is 34.1 Å². The van der Waals surface area contributed by atoms with Crippen LogP contribution in [0.1, 0.15) is 52.7 Å². The molecule has 19 aromatic rings. The molecule has 0 fully saturated rings. The van der Waals surface area contributed by atoms with Crippen molar-refractivity contribution >= 4 is 153 Å². The number of rotatable bonds is 8. The molecular weight excluding hydrogens is 1140 g/mol. The van der Waals surface area contributed by atoms with Crippen LogP contribution in [0.2, 0.25) is 0 Å². The lowest BCUT2D eigenvalue weighted by atomic mass is 9.86. The van der Waals surface area contributed by atoms with Gasteiger partial charge in [-0.25, -0.2) is 0 Å². The van der Waals surface area contributed by atoms with Crippen LogP contribution >= 0.6 is 0 Å². The van der Waals surface area contributed by atoms with Gasteiger partial charge in [0.1, 0.15) is 0 Å². The Kier molecular flexibility index (Phi) is 11.6. The maximum absolute atomic E-state index is 2.60. The predicted molar refractivity (Wildman–Crippen MR) is 403 cm³/mol. The van der Waals surface area contributed by atoms with Gasteiger partial charge in [0.05, 0.1) is 55.8 Å². The summed E-state index contributed by atoms with van der Waals surface area (Å²) in [6, 6.07) is 110. The van der Waals surface area contributed by atoms with Crippen LogP contribution in [0.25, 0.3) is 142 Å². The Bertz CT molecular complexity index is 5890. The molecule has 19 rings (SSSR count). The fourth-order valence-electron chi connectivity index (χ4n) is 16.3. The largest absolute Gasteiger partial charge is 0.309 e. The van der Waals surface area contributed by atoms with Gasteiger partial charge < -0.3 is 18.6 Å². The third-order valence-corrected chi connectivity index (χ3v) is 20.6. The molecule has 0 saturated heterocycles. The van der Waals surface area contributed by atoms with Crippen molar-refractivity contribution in [2.24, 2.45) is 0 Å². The monoisotopic (exact) mass is 1200 g/mol. The second-order valence-electron chi connectivity index (χ2n) is 27.9. The fourth-order valence-corrected chi connectivity index (χ4v) is 16.3. The SMILES string of the molecule is CC(C)(C)c1ccc(N(c2c(-c3ccccc3)c3ccccc3c3ccccc23)c2ccc3c4cc5c(cc4n4c6ccccc6c2c34)c2ccc(N(c3ccc(C(C)(C)C)cc3)c3c(-c4ccccc4)c4ccccc4c4ccccc34)c3c4ccccc4n5c23)cc1. The first-order chi connectivity index (χ1) is 46.0. The maximum Gasteiger partial charge on any atom is 0.0641 e. The second kappa shape index (κ2) is 20.0. The molecule has 15 aromatic carbocycles. The minimum absolute atomic E-state index is 0.0258. The molecule has 0 unspecified atom stereocenters. The van der Waals surface area contributed by atoms with E-state index >= 15 is 0 Å². The van der Waals surface area contributed by atoms with Gasteiger partial charge >= 0.3 is 0 Å². The fraction of sp³-hybridized carbons (Fsp3) is 0.0889. The highest BCUT2D eigenvalue weighted by atomic mass is 15.2. The Labute approximate surface area is 545 Å². The molecule has 0 atom stereocenters. The normalized spacial score (nSPS) is 12.6. The number of fused-ring (bicyclic) bond motifs is 18. The first-order valence-electron chi connectivity index (χ1n) is 33.1. The van der Waals surface area contributed by atoms with E-state index in [0.717, 1.165) is 34.1 Å². The highest BCUT2D eigenvalue weighted by molar-refractivity contribution is 6.34. The van der Waals surface area contributed by atoms with Gasteiger partial charge in [-0.1, -0.05) is 272 Å². The van der Waals surface area contributed by atoms with Gasteiger partial charge in [-0.15, -0.1) is 0 Å². The van der Waals surface area contributed by atoms with Crippen LogP contribution in [0.3, 0.4) is 0 Å². The Morgan fingerprint density at radius 2 is 0.553 bits per heavy atom. The van der Waals surface area contributed by atoms with Crippen molar-refractivity contribution in [3.63, 3.8) is 0 Å². The molecule has 0 radical (unpaired) electrons. The van der Waals surface area contributed by atoms with Gasteiger partial charge in [0.2, 0.25) is 0 Å². The zero-order chi connectivity index (χ0) is 62.9. The molecule has 94 heavy (non-hydrogen) atoms. The molecule has 0 amide bonds. The van der Waals surface area contributed by atoms with E-state index < -0.39 is 0 Å². The second-order valence-corrected chi connectivity index (χ2v) is 27.9. The van der Waals surface area contributed by atoms with Crippen molar-refractivity contribution in [2.75, 3.05) is 9.80 Å². The molecule has 446 valence electrons. The van der Waals surface area contributed by atoms with Crippen LogP contribution in [-0.2, 0) is 10.8 Å². The van der Waals surface area contributed by atoms with Crippen molar-refractivity contribution in [1.82, 2.24) is 8.80 Å². The number of para-hydroxylation sites is 2. The van der Waals surface area contributed by atoms with E-state index in [0.29, 0.717) is 0 Å². The summed E-state index contributed by atoms with van der Waals surface area (Å²) in [7, 11) is 0. The quantitative estimate of drug-likeness (QED) is 0.141. The average Bonchev–Trinajstić information content (AvgIpc) is 1.52. The molecule has 0 saturated carbocycles. The summed E-state index contributed by atoms with van der Waals surface area (Å²) < 4.78 is 5.18. The van der Waals surface area contributed by atoms with Crippen LogP contribution in [-0.4, -0.2) is 8.80 Å². The molecule has 0 aliphatic carbocycles. The summed E-state index contributed by atoms with van der Waals surface area (Å²) in [4.78, 5) is 5.20. The number of hydrogen-bond donors (Lipinski definition) is 0. The topological polar surface area (TPSA) is 15.3 Å². The standard InChI is InChI=1S/C90H66N4/c1-89(2,3)57-41-45-59(46-42-57)91(85-67-35-19-15-31-63(67)61-29-13-17-33-65(61)81(85)55-25-9-7-10-26-55)77-51-49-69-73-53-80-74(54-79(73)93-75-39-23-21-37-71(75)83(77)87(69)93)70-50-52-78(84-72-38-22-24-40-76(72)94(80)88(70)84)92(60-47-43-58(44-48-60)90(4,5)6)86-68-36-20-16-32-64(68)62-30-14-18-34-66(62)82(86)56-27-11-8-12-28-56/h7-54H,1-6H3. The van der Waals surface area contributed by atoms with Crippen molar-refractivity contribution in [3.05, 3.63) is 302 Å². The molecule has 4 nitrogen and oxygen atoms in total. The maximum atomic E-state index is 2.60. The predicted octanol–water partition coefficient (Wildman–Crippen LogP) is 25.5. The van der Waals surface area contributed by atoms with Crippen LogP contribution in [0.15, 0.2) is 291 Å². The van der Waals surface area contributed by atoms with Gasteiger partial charge in [-0.2, -0.15) is 0 Å². The first kappa shape index (κ1) is 54.3. The molecular formula is C90H66N4. The Hall–Kier alpha value is -11.5. The molecule has 4 heteroatoms. The minimum atomic E-state index is -0.0258. The summed E-state index contributed by atoms with van der Waals surface area (Å²) in [5.74, 6) is 0. The molecule has 0 bridgehead atoms. The van der Waals surface area contributed by atoms with E-state index in [9.17, 15) is 0 Å². The van der Waals surface area contributed by atoms with Crippen molar-refractivity contribution < 1.29 is 0 Å². The zero-order valence-electron chi connectivity index (χ0n) is 53.5. The molecule has 4 heterocycles. The lowest BCUT2D eigenvalue weighted by molar-refractivity contribution is 0.590. The number of nitrogens with zero attached hydrogens (tertiary/aromatic N) is 4. The molecule has 0 aliphatic rings. The summed E-state index contributed by atoms with van der Waals surface area (Å²) in [5, 5.41) is 19.6. The third kappa shape index (κ3) is 7.74. The highest BCUT2D eigenvalue weighted by Gasteiger charge is 2.32. The Balaban J connectivity index is 0.906. The van der Waals surface area contributed by atoms with E-state index in [1.54, 1.807) is 0 Å². The zero-order valence-corrected chi connectivity index (χ0v) is 53.5. The van der Waals surface area contributed by atoms with Gasteiger partial charge in [0.25, 0.3) is 0 Å². The number of anilines is 6. The van der Waals surface area contributed by atoms with E-state index in [4.69, 9.17) is 0 Å². The van der Waals surface area contributed by atoms with Crippen molar-refractivity contribution in [2.45, 2.75) is 52.4 Å². The molecule has 0 aliphatic heterocycles. The van der Waals surface area contributed by atoms with Gasteiger partial charge in [-0.05, 0) is 126 Å². The third-order valence-electron chi connectivity index (χ3n) is 20.6. The highest BCUT2D eigenvalue weighted by Crippen LogP contribution is 2.57. The van der Waals surface area contributed by atoms with E-state index in [1.807, 2.05) is 0 Å². The van der Waals surface area contributed by atoms with E-state index in [2.05, 4.69) is 351 Å². The van der Waals surface area contributed by atoms with E-state index in [1.165, 1.54) is 153 Å². The van der Waals surface area contributed by atoms with Gasteiger partial charge in [0, 0.05) is 76.4 Å². The summed E-state index contributed by atoms with van der Waals surface area (Å²) in [5.41, 5.74) is 21.4. The van der Waals surface area contributed by atoms with Crippen molar-refractivity contribution in [3.8, 4) is 22.3 Å². The first-order valence-corrected chi connectivity index (χ1v) is 33.1. The van der Waals surface area contributed by atoms with Gasteiger partial charge in [-0.3, -0.25) is 0 Å². The van der Waals surface area contributed by atoms with E-state index in [-0.39, 0.29) is 10.8 Å². The summed E-state index contributed by atoms with van der Waals surface area (Å²) in [6.45, 7) is 13.8.